The van der Waals surface area contributed by atoms with E-state index in [0.29, 0.717) is 31.1 Å². The van der Waals surface area contributed by atoms with Crippen molar-refractivity contribution in [2.24, 2.45) is 11.7 Å². The summed E-state index contributed by atoms with van der Waals surface area (Å²) in [5, 5.41) is 0. The number of benzene rings is 1. The van der Waals surface area contributed by atoms with Gasteiger partial charge in [-0.05, 0) is 56.3 Å². The molecule has 1 saturated heterocycles. The predicted molar refractivity (Wildman–Crippen MR) is 87.5 cm³/mol. The topological polar surface area (TPSA) is 92.5 Å². The molecule has 23 heavy (non-hydrogen) atoms. The fourth-order valence-corrected chi connectivity index (χ4v) is 4.19. The first-order valence-corrected chi connectivity index (χ1v) is 9.59. The Labute approximate surface area is 137 Å². The van der Waals surface area contributed by atoms with Crippen molar-refractivity contribution < 1.29 is 13.2 Å². The summed E-state index contributed by atoms with van der Waals surface area (Å²) in [4.78, 5) is 14.5. The minimum absolute atomic E-state index is 0.0506. The molecule has 1 heterocycles. The van der Waals surface area contributed by atoms with Gasteiger partial charge in [0.2, 0.25) is 10.0 Å². The second-order valence-electron chi connectivity index (χ2n) is 6.39. The highest BCUT2D eigenvalue weighted by atomic mass is 32.2. The van der Waals surface area contributed by atoms with E-state index in [-0.39, 0.29) is 16.8 Å². The Kier molecular flexibility index (Phi) is 4.70. The third-order valence-electron chi connectivity index (χ3n) is 4.53. The zero-order valence-corrected chi connectivity index (χ0v) is 13.9. The average Bonchev–Trinajstić information content (AvgIpc) is 3.37. The molecule has 1 saturated carbocycles. The van der Waals surface area contributed by atoms with Gasteiger partial charge in [-0.3, -0.25) is 4.79 Å². The van der Waals surface area contributed by atoms with Gasteiger partial charge in [0.15, 0.2) is 0 Å². The number of hydrogen-bond acceptors (Lipinski definition) is 4. The average molecular weight is 337 g/mol. The Morgan fingerprint density at radius 3 is 2.52 bits per heavy atom. The van der Waals surface area contributed by atoms with E-state index in [1.807, 2.05) is 0 Å². The monoisotopic (exact) mass is 337 g/mol. The number of nitrogens with one attached hydrogen (secondary N) is 1. The molecule has 3 rings (SSSR count). The highest BCUT2D eigenvalue weighted by Gasteiger charge is 2.29. The molecule has 0 spiro atoms. The lowest BCUT2D eigenvalue weighted by molar-refractivity contribution is 0.0693. The Hall–Kier alpha value is -1.44. The summed E-state index contributed by atoms with van der Waals surface area (Å²) >= 11 is 0. The summed E-state index contributed by atoms with van der Waals surface area (Å²) < 4.78 is 27.2. The van der Waals surface area contributed by atoms with Crippen LogP contribution < -0.4 is 10.5 Å². The van der Waals surface area contributed by atoms with Crippen LogP contribution in [0.15, 0.2) is 29.2 Å². The van der Waals surface area contributed by atoms with Crippen LogP contribution in [0.3, 0.4) is 0 Å². The SMILES string of the molecule is NCC1CCN(C(=O)c2cccc(S(=O)(=O)NC3CC3)c2)CC1. The molecule has 7 heteroatoms. The van der Waals surface area contributed by atoms with Crippen LogP contribution in [0.25, 0.3) is 0 Å². The molecule has 0 bridgehead atoms. The van der Waals surface area contributed by atoms with E-state index < -0.39 is 10.0 Å². The summed E-state index contributed by atoms with van der Waals surface area (Å²) in [5.41, 5.74) is 6.10. The van der Waals surface area contributed by atoms with Gasteiger partial charge in [-0.2, -0.15) is 0 Å². The molecule has 2 fully saturated rings. The fraction of sp³-hybridized carbons (Fsp3) is 0.562. The number of carbonyl (C=O) groups excluding carboxylic acids is 1. The first-order chi connectivity index (χ1) is 11.0. The number of carbonyl (C=O) groups is 1. The van der Waals surface area contributed by atoms with Crippen LogP contribution in [0.1, 0.15) is 36.0 Å². The lowest BCUT2D eigenvalue weighted by Crippen LogP contribution is -2.40. The lowest BCUT2D eigenvalue weighted by Gasteiger charge is -2.31. The van der Waals surface area contributed by atoms with Gasteiger partial charge in [0.25, 0.3) is 5.91 Å². The quantitative estimate of drug-likeness (QED) is 0.836. The van der Waals surface area contributed by atoms with E-state index in [2.05, 4.69) is 4.72 Å². The first-order valence-electron chi connectivity index (χ1n) is 8.11. The molecule has 0 radical (unpaired) electrons. The number of amides is 1. The van der Waals surface area contributed by atoms with Crippen molar-refractivity contribution in [1.82, 2.24) is 9.62 Å². The van der Waals surface area contributed by atoms with Crippen LogP contribution in [0.5, 0.6) is 0 Å². The van der Waals surface area contributed by atoms with Gasteiger partial charge in [-0.1, -0.05) is 6.07 Å². The second kappa shape index (κ2) is 6.59. The van der Waals surface area contributed by atoms with Crippen LogP contribution in [0.2, 0.25) is 0 Å². The van der Waals surface area contributed by atoms with Crippen molar-refractivity contribution in [1.29, 1.82) is 0 Å². The smallest absolute Gasteiger partial charge is 0.253 e. The molecule has 1 aromatic carbocycles. The number of hydrogen-bond donors (Lipinski definition) is 2. The molecule has 2 aliphatic rings. The number of sulfonamides is 1. The highest BCUT2D eigenvalue weighted by Crippen LogP contribution is 2.23. The molecular formula is C16H23N3O3S. The molecule has 0 unspecified atom stereocenters. The number of piperidine rings is 1. The van der Waals surface area contributed by atoms with E-state index >= 15 is 0 Å². The number of likely N-dealkylation sites (tertiary alicyclic amines) is 1. The molecule has 6 nitrogen and oxygen atoms in total. The van der Waals surface area contributed by atoms with Crippen LogP contribution in [-0.4, -0.2) is 44.9 Å². The first kappa shape index (κ1) is 16.4. The Bertz CT molecular complexity index is 678. The van der Waals surface area contributed by atoms with Gasteiger partial charge >= 0.3 is 0 Å². The summed E-state index contributed by atoms with van der Waals surface area (Å²) in [6, 6.07) is 6.36. The molecule has 0 atom stereocenters. The minimum Gasteiger partial charge on any atom is -0.339 e. The predicted octanol–water partition coefficient (Wildman–Crippen LogP) is 0.938. The number of nitrogens with two attached hydrogens (primary N) is 1. The maximum absolute atomic E-state index is 12.6. The van der Waals surface area contributed by atoms with Crippen molar-refractivity contribution in [2.75, 3.05) is 19.6 Å². The van der Waals surface area contributed by atoms with Gasteiger partial charge < -0.3 is 10.6 Å². The zero-order valence-electron chi connectivity index (χ0n) is 13.1. The molecule has 1 amide bonds. The van der Waals surface area contributed by atoms with Crippen molar-refractivity contribution in [3.8, 4) is 0 Å². The minimum atomic E-state index is -3.53. The number of rotatable bonds is 5. The van der Waals surface area contributed by atoms with E-state index in [1.54, 1.807) is 17.0 Å². The Balaban J connectivity index is 1.73. The summed E-state index contributed by atoms with van der Waals surface area (Å²) in [6.45, 7) is 2.01. The molecule has 0 aromatic heterocycles. The Morgan fingerprint density at radius 1 is 1.22 bits per heavy atom. The third kappa shape index (κ3) is 3.91. The van der Waals surface area contributed by atoms with Gasteiger partial charge in [-0.25, -0.2) is 13.1 Å². The fourth-order valence-electron chi connectivity index (χ4n) is 2.84. The molecule has 3 N–H and O–H groups in total. The van der Waals surface area contributed by atoms with Gasteiger partial charge in [-0.15, -0.1) is 0 Å². The van der Waals surface area contributed by atoms with Gasteiger partial charge in [0.1, 0.15) is 0 Å². The summed E-state index contributed by atoms with van der Waals surface area (Å²) in [5.74, 6) is 0.373. The van der Waals surface area contributed by atoms with Crippen LogP contribution in [-0.2, 0) is 10.0 Å². The second-order valence-corrected chi connectivity index (χ2v) is 8.11. The zero-order chi connectivity index (χ0) is 16.4. The maximum atomic E-state index is 12.6. The summed E-state index contributed by atoms with van der Waals surface area (Å²) in [7, 11) is -3.53. The molecule has 1 aliphatic carbocycles. The normalized spacial score (nSPS) is 19.8. The van der Waals surface area contributed by atoms with Crippen molar-refractivity contribution in [3.05, 3.63) is 29.8 Å². The van der Waals surface area contributed by atoms with Crippen molar-refractivity contribution in [2.45, 2.75) is 36.6 Å². The Morgan fingerprint density at radius 2 is 1.91 bits per heavy atom. The number of nitrogens with zero attached hydrogens (tertiary/aromatic N) is 1. The van der Waals surface area contributed by atoms with Crippen molar-refractivity contribution >= 4 is 15.9 Å². The van der Waals surface area contributed by atoms with Crippen LogP contribution in [0, 0.1) is 5.92 Å². The lowest BCUT2D eigenvalue weighted by atomic mass is 9.96. The van der Waals surface area contributed by atoms with E-state index in [9.17, 15) is 13.2 Å². The van der Waals surface area contributed by atoms with Gasteiger partial charge in [0.05, 0.1) is 4.90 Å². The van der Waals surface area contributed by atoms with E-state index in [4.69, 9.17) is 5.73 Å². The molecule has 1 aromatic rings. The molecule has 1 aliphatic heterocycles. The standard InChI is InChI=1S/C16H23N3O3S/c17-11-12-6-8-19(9-7-12)16(20)13-2-1-3-15(10-13)23(21,22)18-14-4-5-14/h1-3,10,12,14,18H,4-9,11,17H2. The van der Waals surface area contributed by atoms with E-state index in [1.165, 1.54) is 12.1 Å². The molecular weight excluding hydrogens is 314 g/mol. The largest absolute Gasteiger partial charge is 0.339 e. The van der Waals surface area contributed by atoms with E-state index in [0.717, 1.165) is 25.7 Å². The van der Waals surface area contributed by atoms with Crippen LogP contribution >= 0.6 is 0 Å². The highest BCUT2D eigenvalue weighted by molar-refractivity contribution is 7.89. The van der Waals surface area contributed by atoms with Crippen LogP contribution in [0.4, 0.5) is 0 Å². The third-order valence-corrected chi connectivity index (χ3v) is 6.04. The van der Waals surface area contributed by atoms with Gasteiger partial charge in [0, 0.05) is 24.7 Å². The maximum Gasteiger partial charge on any atom is 0.253 e. The molecule has 126 valence electrons. The van der Waals surface area contributed by atoms with Crippen molar-refractivity contribution in [3.63, 3.8) is 0 Å². The summed E-state index contributed by atoms with van der Waals surface area (Å²) in [6.07, 6.45) is 3.58.